The van der Waals surface area contributed by atoms with Gasteiger partial charge in [-0.05, 0) is 56.3 Å². The summed E-state index contributed by atoms with van der Waals surface area (Å²) < 4.78 is 0. The lowest BCUT2D eigenvalue weighted by Crippen LogP contribution is -2.20. The monoisotopic (exact) mass is 260 g/mol. The third-order valence-electron chi connectivity index (χ3n) is 3.97. The highest BCUT2D eigenvalue weighted by Crippen LogP contribution is 2.18. The molecule has 0 radical (unpaired) electrons. The minimum Gasteiger partial charge on any atom is -0.375 e. The fraction of sp³-hybridized carbons (Fsp3) is 0.647. The van der Waals surface area contributed by atoms with Crippen molar-refractivity contribution in [3.8, 4) is 0 Å². The minimum atomic E-state index is 0.861. The molecular formula is C17H28N2. The van der Waals surface area contributed by atoms with Crippen LogP contribution < -0.4 is 10.2 Å². The van der Waals surface area contributed by atoms with Gasteiger partial charge >= 0.3 is 0 Å². The smallest absolute Gasteiger partial charge is 0.0363 e. The summed E-state index contributed by atoms with van der Waals surface area (Å²) in [5.74, 6) is 0. The zero-order valence-electron chi connectivity index (χ0n) is 12.5. The van der Waals surface area contributed by atoms with Crippen LogP contribution in [0.4, 0.5) is 5.69 Å². The molecule has 1 aliphatic rings. The number of anilines is 1. The van der Waals surface area contributed by atoms with Gasteiger partial charge in [-0.25, -0.2) is 0 Å². The Kier molecular flexibility index (Phi) is 5.71. The molecule has 2 heteroatoms. The molecule has 1 aromatic rings. The van der Waals surface area contributed by atoms with Crippen LogP contribution in [-0.4, -0.2) is 26.2 Å². The fourth-order valence-electron chi connectivity index (χ4n) is 2.36. The fourth-order valence-corrected chi connectivity index (χ4v) is 2.36. The van der Waals surface area contributed by atoms with E-state index in [2.05, 4.69) is 48.5 Å². The third-order valence-corrected chi connectivity index (χ3v) is 3.97. The number of hydrogen-bond donors (Lipinski definition) is 1. The Bertz CT molecular complexity index is 354. The summed E-state index contributed by atoms with van der Waals surface area (Å²) in [6.45, 7) is 4.57. The quantitative estimate of drug-likeness (QED) is 0.682. The molecule has 0 atom stereocenters. The van der Waals surface area contributed by atoms with Crippen LogP contribution in [-0.2, 0) is 6.42 Å². The van der Waals surface area contributed by atoms with Crippen molar-refractivity contribution in [2.45, 2.75) is 51.5 Å². The first-order valence-corrected chi connectivity index (χ1v) is 7.83. The molecule has 0 amide bonds. The van der Waals surface area contributed by atoms with Crippen LogP contribution >= 0.6 is 0 Å². The second-order valence-corrected chi connectivity index (χ2v) is 5.73. The van der Waals surface area contributed by atoms with Crippen LogP contribution in [0.3, 0.4) is 0 Å². The molecule has 2 rings (SSSR count). The lowest BCUT2D eigenvalue weighted by molar-refractivity contribution is 0.599. The van der Waals surface area contributed by atoms with Crippen LogP contribution in [0, 0.1) is 0 Å². The Morgan fingerprint density at radius 3 is 2.47 bits per heavy atom. The number of nitrogens with zero attached hydrogens (tertiary/aromatic N) is 1. The molecule has 1 fully saturated rings. The zero-order valence-corrected chi connectivity index (χ0v) is 12.5. The highest BCUT2D eigenvalue weighted by Gasteiger charge is 2.19. The Hall–Kier alpha value is -1.02. The molecule has 1 aliphatic carbocycles. The standard InChI is InChI=1S/C17H28N2/c1-3-15-7-11-17(12-8-15)19(2)14-6-4-5-13-18-16-9-10-16/h7-8,11-12,16,18H,3-6,9-10,13-14H2,1-2H3. The highest BCUT2D eigenvalue weighted by atomic mass is 15.1. The van der Waals surface area contributed by atoms with Gasteiger partial charge in [0.15, 0.2) is 0 Å². The number of nitrogens with one attached hydrogen (secondary N) is 1. The predicted molar refractivity (Wildman–Crippen MR) is 84.0 cm³/mol. The Labute approximate surface area is 118 Å². The van der Waals surface area contributed by atoms with Crippen LogP contribution in [0.1, 0.15) is 44.6 Å². The Morgan fingerprint density at radius 1 is 1.11 bits per heavy atom. The minimum absolute atomic E-state index is 0.861. The molecule has 0 aromatic heterocycles. The van der Waals surface area contributed by atoms with Gasteiger partial charge in [0.25, 0.3) is 0 Å². The molecule has 2 nitrogen and oxygen atoms in total. The number of hydrogen-bond acceptors (Lipinski definition) is 2. The lowest BCUT2D eigenvalue weighted by Gasteiger charge is -2.19. The molecule has 0 aliphatic heterocycles. The maximum absolute atomic E-state index is 3.58. The summed E-state index contributed by atoms with van der Waals surface area (Å²) in [4.78, 5) is 2.37. The molecule has 0 spiro atoms. The van der Waals surface area contributed by atoms with E-state index in [1.807, 2.05) is 0 Å². The molecule has 1 aromatic carbocycles. The van der Waals surface area contributed by atoms with Crippen LogP contribution in [0.2, 0.25) is 0 Å². The molecule has 106 valence electrons. The van der Waals surface area contributed by atoms with E-state index in [1.165, 1.54) is 49.9 Å². The van der Waals surface area contributed by atoms with Gasteiger partial charge in [-0.2, -0.15) is 0 Å². The van der Waals surface area contributed by atoms with Crippen molar-refractivity contribution in [2.75, 3.05) is 25.0 Å². The summed E-state index contributed by atoms with van der Waals surface area (Å²) in [6.07, 6.45) is 7.86. The highest BCUT2D eigenvalue weighted by molar-refractivity contribution is 5.46. The van der Waals surface area contributed by atoms with Crippen molar-refractivity contribution >= 4 is 5.69 Å². The van der Waals surface area contributed by atoms with Crippen molar-refractivity contribution in [3.63, 3.8) is 0 Å². The van der Waals surface area contributed by atoms with E-state index < -0.39 is 0 Å². The first-order chi connectivity index (χ1) is 9.29. The number of rotatable bonds is 9. The molecule has 0 saturated heterocycles. The predicted octanol–water partition coefficient (Wildman–Crippen LogP) is 3.61. The van der Waals surface area contributed by atoms with Gasteiger partial charge in [0.1, 0.15) is 0 Å². The second-order valence-electron chi connectivity index (χ2n) is 5.73. The first kappa shape index (κ1) is 14.4. The van der Waals surface area contributed by atoms with Gasteiger partial charge < -0.3 is 10.2 Å². The number of aryl methyl sites for hydroxylation is 1. The van der Waals surface area contributed by atoms with Crippen molar-refractivity contribution in [3.05, 3.63) is 29.8 Å². The maximum Gasteiger partial charge on any atom is 0.0363 e. The van der Waals surface area contributed by atoms with Crippen molar-refractivity contribution in [2.24, 2.45) is 0 Å². The average Bonchev–Trinajstić information content (AvgIpc) is 3.26. The Balaban J connectivity index is 1.58. The molecule has 0 bridgehead atoms. The second kappa shape index (κ2) is 7.54. The van der Waals surface area contributed by atoms with Gasteiger partial charge in [0.2, 0.25) is 0 Å². The van der Waals surface area contributed by atoms with E-state index in [0.29, 0.717) is 0 Å². The van der Waals surface area contributed by atoms with E-state index in [1.54, 1.807) is 0 Å². The van der Waals surface area contributed by atoms with Crippen LogP contribution in [0.15, 0.2) is 24.3 Å². The van der Waals surface area contributed by atoms with Gasteiger partial charge in [-0.3, -0.25) is 0 Å². The van der Waals surface area contributed by atoms with E-state index in [9.17, 15) is 0 Å². The summed E-state index contributed by atoms with van der Waals surface area (Å²) >= 11 is 0. The van der Waals surface area contributed by atoms with E-state index in [4.69, 9.17) is 0 Å². The largest absolute Gasteiger partial charge is 0.375 e. The Morgan fingerprint density at radius 2 is 1.84 bits per heavy atom. The topological polar surface area (TPSA) is 15.3 Å². The molecule has 1 N–H and O–H groups in total. The van der Waals surface area contributed by atoms with E-state index >= 15 is 0 Å². The molecule has 19 heavy (non-hydrogen) atoms. The zero-order chi connectivity index (χ0) is 13.5. The summed E-state index contributed by atoms with van der Waals surface area (Å²) in [5.41, 5.74) is 2.76. The number of benzene rings is 1. The van der Waals surface area contributed by atoms with Crippen molar-refractivity contribution in [1.82, 2.24) is 5.32 Å². The van der Waals surface area contributed by atoms with E-state index in [0.717, 1.165) is 19.0 Å². The summed E-state index contributed by atoms with van der Waals surface area (Å²) in [7, 11) is 2.20. The first-order valence-electron chi connectivity index (χ1n) is 7.83. The summed E-state index contributed by atoms with van der Waals surface area (Å²) in [5, 5.41) is 3.58. The van der Waals surface area contributed by atoms with Crippen LogP contribution in [0.25, 0.3) is 0 Å². The van der Waals surface area contributed by atoms with Crippen molar-refractivity contribution in [1.29, 1.82) is 0 Å². The summed E-state index contributed by atoms with van der Waals surface area (Å²) in [6, 6.07) is 9.83. The molecular weight excluding hydrogens is 232 g/mol. The van der Waals surface area contributed by atoms with Gasteiger partial charge in [0, 0.05) is 25.3 Å². The normalized spacial score (nSPS) is 14.6. The maximum atomic E-state index is 3.58. The number of unbranched alkanes of at least 4 members (excludes halogenated alkanes) is 2. The van der Waals surface area contributed by atoms with Crippen molar-refractivity contribution < 1.29 is 0 Å². The SMILES string of the molecule is CCc1ccc(N(C)CCCCCNC2CC2)cc1. The molecule has 0 unspecified atom stereocenters. The molecule has 0 heterocycles. The van der Waals surface area contributed by atoms with Gasteiger partial charge in [0.05, 0.1) is 0 Å². The lowest BCUT2D eigenvalue weighted by atomic mass is 10.1. The third kappa shape index (κ3) is 5.23. The van der Waals surface area contributed by atoms with Gasteiger partial charge in [-0.1, -0.05) is 25.5 Å². The average molecular weight is 260 g/mol. The molecule has 1 saturated carbocycles. The van der Waals surface area contributed by atoms with Gasteiger partial charge in [-0.15, -0.1) is 0 Å². The van der Waals surface area contributed by atoms with Crippen LogP contribution in [0.5, 0.6) is 0 Å². The van der Waals surface area contributed by atoms with E-state index in [-0.39, 0.29) is 0 Å².